The van der Waals surface area contributed by atoms with Gasteiger partial charge in [0.1, 0.15) is 0 Å². The maximum absolute atomic E-state index is 5.53. The Morgan fingerprint density at radius 1 is 0.800 bits per heavy atom. The summed E-state index contributed by atoms with van der Waals surface area (Å²) in [5.41, 5.74) is 9.00. The SMILES string of the molecule is C#Cc1cccc(N=C2c3ccccc3-c3ccc(C(C)C)cc32)c1. The van der Waals surface area contributed by atoms with E-state index in [1.807, 2.05) is 24.3 Å². The third-order valence-electron chi connectivity index (χ3n) is 4.69. The van der Waals surface area contributed by atoms with E-state index in [1.54, 1.807) is 0 Å². The van der Waals surface area contributed by atoms with Crippen LogP contribution in [0.15, 0.2) is 71.7 Å². The first-order valence-electron chi connectivity index (χ1n) is 8.57. The number of hydrogen-bond acceptors (Lipinski definition) is 1. The summed E-state index contributed by atoms with van der Waals surface area (Å²) in [7, 11) is 0. The molecule has 1 aliphatic carbocycles. The molecular weight excluding hydrogens is 302 g/mol. The molecule has 0 bridgehead atoms. The summed E-state index contributed by atoms with van der Waals surface area (Å²) < 4.78 is 0. The zero-order chi connectivity index (χ0) is 17.4. The van der Waals surface area contributed by atoms with Crippen LogP contribution in [0.3, 0.4) is 0 Å². The molecule has 0 aliphatic heterocycles. The molecular formula is C24H19N. The second kappa shape index (κ2) is 6.07. The lowest BCUT2D eigenvalue weighted by Gasteiger charge is -2.09. The third-order valence-corrected chi connectivity index (χ3v) is 4.69. The van der Waals surface area contributed by atoms with Gasteiger partial charge in [-0.05, 0) is 46.9 Å². The number of terminal acetylenes is 1. The average Bonchev–Trinajstić information content (AvgIpc) is 2.95. The van der Waals surface area contributed by atoms with Crippen molar-refractivity contribution in [2.45, 2.75) is 19.8 Å². The van der Waals surface area contributed by atoms with Crippen molar-refractivity contribution >= 4 is 11.4 Å². The predicted molar refractivity (Wildman–Crippen MR) is 106 cm³/mol. The second-order valence-corrected chi connectivity index (χ2v) is 6.66. The molecule has 0 fully saturated rings. The van der Waals surface area contributed by atoms with Crippen LogP contribution in [0.1, 0.15) is 42.0 Å². The van der Waals surface area contributed by atoms with Crippen LogP contribution in [-0.2, 0) is 0 Å². The minimum Gasteiger partial charge on any atom is -0.248 e. The van der Waals surface area contributed by atoms with Crippen molar-refractivity contribution in [2.24, 2.45) is 4.99 Å². The Morgan fingerprint density at radius 2 is 1.56 bits per heavy atom. The van der Waals surface area contributed by atoms with E-state index in [2.05, 4.69) is 62.2 Å². The Kier molecular flexibility index (Phi) is 3.75. The van der Waals surface area contributed by atoms with Crippen LogP contribution in [0.25, 0.3) is 11.1 Å². The van der Waals surface area contributed by atoms with Gasteiger partial charge >= 0.3 is 0 Å². The standard InChI is InChI=1S/C24H19N/c1-4-17-8-7-9-19(14-17)25-24-22-11-6-5-10-20(22)21-13-12-18(16(2)3)15-23(21)24/h1,5-16H,2-3H3. The maximum atomic E-state index is 5.53. The normalized spacial score (nSPS) is 13.6. The summed E-state index contributed by atoms with van der Waals surface area (Å²) >= 11 is 0. The van der Waals surface area contributed by atoms with Gasteiger partial charge in [0.15, 0.2) is 0 Å². The van der Waals surface area contributed by atoms with Crippen LogP contribution in [0.2, 0.25) is 0 Å². The van der Waals surface area contributed by atoms with Crippen molar-refractivity contribution < 1.29 is 0 Å². The quantitative estimate of drug-likeness (QED) is 0.405. The summed E-state index contributed by atoms with van der Waals surface area (Å²) in [6.45, 7) is 4.44. The molecule has 0 amide bonds. The Labute approximate surface area is 149 Å². The van der Waals surface area contributed by atoms with Crippen LogP contribution in [-0.4, -0.2) is 5.71 Å². The lowest BCUT2D eigenvalue weighted by Crippen LogP contribution is -1.99. The summed E-state index contributed by atoms with van der Waals surface area (Å²) in [4.78, 5) is 4.97. The first-order valence-corrected chi connectivity index (χ1v) is 8.57. The number of rotatable bonds is 2. The molecule has 120 valence electrons. The van der Waals surface area contributed by atoms with Gasteiger partial charge in [0, 0.05) is 16.7 Å². The molecule has 3 aromatic carbocycles. The molecule has 4 rings (SSSR count). The average molecular weight is 321 g/mol. The van der Waals surface area contributed by atoms with Gasteiger partial charge in [-0.3, -0.25) is 0 Å². The Balaban J connectivity index is 1.94. The molecule has 0 heterocycles. The molecule has 0 unspecified atom stereocenters. The number of benzene rings is 3. The molecule has 3 aromatic rings. The van der Waals surface area contributed by atoms with Gasteiger partial charge in [0.2, 0.25) is 0 Å². The summed E-state index contributed by atoms with van der Waals surface area (Å²) in [5.74, 6) is 3.17. The van der Waals surface area contributed by atoms with Gasteiger partial charge in [0.25, 0.3) is 0 Å². The van der Waals surface area contributed by atoms with Crippen LogP contribution in [0.4, 0.5) is 5.69 Å². The van der Waals surface area contributed by atoms with Crippen molar-refractivity contribution in [3.8, 4) is 23.5 Å². The summed E-state index contributed by atoms with van der Waals surface area (Å²) in [5, 5.41) is 0. The van der Waals surface area contributed by atoms with Crippen LogP contribution in [0.5, 0.6) is 0 Å². The number of fused-ring (bicyclic) bond motifs is 3. The monoisotopic (exact) mass is 321 g/mol. The van der Waals surface area contributed by atoms with E-state index >= 15 is 0 Å². The Hall–Kier alpha value is -3.11. The molecule has 0 saturated heterocycles. The van der Waals surface area contributed by atoms with E-state index in [0.717, 1.165) is 17.0 Å². The van der Waals surface area contributed by atoms with E-state index < -0.39 is 0 Å². The van der Waals surface area contributed by atoms with E-state index in [9.17, 15) is 0 Å². The molecule has 0 aromatic heterocycles. The summed E-state index contributed by atoms with van der Waals surface area (Å²) in [6.07, 6.45) is 5.53. The molecule has 0 saturated carbocycles. The summed E-state index contributed by atoms with van der Waals surface area (Å²) in [6, 6.07) is 23.1. The highest BCUT2D eigenvalue weighted by Gasteiger charge is 2.25. The fraction of sp³-hybridized carbons (Fsp3) is 0.125. The van der Waals surface area contributed by atoms with Crippen LogP contribution < -0.4 is 0 Å². The van der Waals surface area contributed by atoms with Gasteiger partial charge in [-0.2, -0.15) is 0 Å². The first kappa shape index (κ1) is 15.4. The first-order chi connectivity index (χ1) is 12.2. The lowest BCUT2D eigenvalue weighted by molar-refractivity contribution is 0.867. The Bertz CT molecular complexity index is 1030. The molecule has 0 atom stereocenters. The van der Waals surface area contributed by atoms with Crippen molar-refractivity contribution in [1.29, 1.82) is 0 Å². The zero-order valence-electron chi connectivity index (χ0n) is 14.5. The highest BCUT2D eigenvalue weighted by Crippen LogP contribution is 2.39. The molecule has 1 heteroatoms. The van der Waals surface area contributed by atoms with E-state index in [1.165, 1.54) is 27.8 Å². The smallest absolute Gasteiger partial charge is 0.0794 e. The molecule has 0 N–H and O–H groups in total. The van der Waals surface area contributed by atoms with E-state index in [4.69, 9.17) is 11.4 Å². The van der Waals surface area contributed by atoms with E-state index in [-0.39, 0.29) is 0 Å². The molecule has 1 aliphatic rings. The van der Waals surface area contributed by atoms with Gasteiger partial charge in [0.05, 0.1) is 11.4 Å². The second-order valence-electron chi connectivity index (χ2n) is 6.66. The highest BCUT2D eigenvalue weighted by atomic mass is 14.8. The lowest BCUT2D eigenvalue weighted by atomic mass is 9.97. The number of aliphatic imine (C=N–C) groups is 1. The highest BCUT2D eigenvalue weighted by molar-refractivity contribution is 6.25. The van der Waals surface area contributed by atoms with Crippen LogP contribution in [0, 0.1) is 12.3 Å². The van der Waals surface area contributed by atoms with Crippen molar-refractivity contribution in [1.82, 2.24) is 0 Å². The minimum absolute atomic E-state index is 0.486. The van der Waals surface area contributed by atoms with Crippen molar-refractivity contribution in [3.63, 3.8) is 0 Å². The van der Waals surface area contributed by atoms with Crippen molar-refractivity contribution in [3.05, 3.63) is 89.0 Å². The molecule has 0 spiro atoms. The minimum atomic E-state index is 0.486. The van der Waals surface area contributed by atoms with Crippen molar-refractivity contribution in [2.75, 3.05) is 0 Å². The molecule has 0 radical (unpaired) electrons. The van der Waals surface area contributed by atoms with Gasteiger partial charge in [-0.1, -0.05) is 62.2 Å². The van der Waals surface area contributed by atoms with Gasteiger partial charge < -0.3 is 0 Å². The fourth-order valence-electron chi connectivity index (χ4n) is 3.34. The predicted octanol–water partition coefficient (Wildman–Crippen LogP) is 5.94. The van der Waals surface area contributed by atoms with E-state index in [0.29, 0.717) is 5.92 Å². The number of hydrogen-bond donors (Lipinski definition) is 0. The zero-order valence-corrected chi connectivity index (χ0v) is 14.5. The largest absolute Gasteiger partial charge is 0.248 e. The van der Waals surface area contributed by atoms with Crippen LogP contribution >= 0.6 is 0 Å². The fourth-order valence-corrected chi connectivity index (χ4v) is 3.34. The molecule has 1 nitrogen and oxygen atoms in total. The Morgan fingerprint density at radius 3 is 2.32 bits per heavy atom. The van der Waals surface area contributed by atoms with Gasteiger partial charge in [-0.15, -0.1) is 6.42 Å². The topological polar surface area (TPSA) is 12.4 Å². The van der Waals surface area contributed by atoms with Gasteiger partial charge in [-0.25, -0.2) is 4.99 Å². The third kappa shape index (κ3) is 2.66. The maximum Gasteiger partial charge on any atom is 0.0794 e. The number of nitrogens with zero attached hydrogens (tertiary/aromatic N) is 1. The molecule has 25 heavy (non-hydrogen) atoms.